The summed E-state index contributed by atoms with van der Waals surface area (Å²) in [5, 5.41) is 4.81. The van der Waals surface area contributed by atoms with Crippen LogP contribution in [0.15, 0.2) is 18.2 Å². The molecular formula is C18H22F2N2O6. The molecule has 0 spiro atoms. The number of rotatable bonds is 7. The summed E-state index contributed by atoms with van der Waals surface area (Å²) in [6.45, 7) is -1.74. The normalized spacial score (nSPS) is 15.0. The van der Waals surface area contributed by atoms with Gasteiger partial charge in [-0.2, -0.15) is 8.78 Å². The lowest BCUT2D eigenvalue weighted by Gasteiger charge is -2.16. The van der Waals surface area contributed by atoms with E-state index in [2.05, 4.69) is 15.4 Å². The number of halogens is 2. The first kappa shape index (κ1) is 21.4. The number of ether oxygens (including phenoxy) is 3. The van der Waals surface area contributed by atoms with Crippen LogP contribution in [0.1, 0.15) is 43.0 Å². The number of carbonyl (C=O) groups excluding carboxylic acids is 3. The summed E-state index contributed by atoms with van der Waals surface area (Å²) in [6.07, 6.45) is 2.53. The molecule has 8 nitrogen and oxygen atoms in total. The van der Waals surface area contributed by atoms with Gasteiger partial charge in [-0.15, -0.1) is 0 Å². The molecule has 0 aromatic heterocycles. The quantitative estimate of drug-likeness (QED) is 0.682. The number of alkyl halides is 2. The molecule has 1 fully saturated rings. The SMILES string of the molecule is COc1cc(C(=O)O[C@H](C)C(=O)NC(=O)NC2CCCC2)ccc1OC(F)F. The molecule has 28 heavy (non-hydrogen) atoms. The smallest absolute Gasteiger partial charge is 0.387 e. The van der Waals surface area contributed by atoms with Crippen molar-refractivity contribution in [2.24, 2.45) is 0 Å². The fourth-order valence-corrected chi connectivity index (χ4v) is 2.78. The van der Waals surface area contributed by atoms with Crippen LogP contribution in [-0.2, 0) is 9.53 Å². The molecular weight excluding hydrogens is 378 g/mol. The zero-order valence-corrected chi connectivity index (χ0v) is 15.5. The van der Waals surface area contributed by atoms with Crippen LogP contribution < -0.4 is 20.1 Å². The average Bonchev–Trinajstić information content (AvgIpc) is 3.14. The molecule has 0 heterocycles. The first-order valence-electron chi connectivity index (χ1n) is 8.75. The zero-order valence-electron chi connectivity index (χ0n) is 15.5. The number of urea groups is 1. The van der Waals surface area contributed by atoms with Crippen LogP contribution in [0.2, 0.25) is 0 Å². The Morgan fingerprint density at radius 2 is 1.82 bits per heavy atom. The molecule has 10 heteroatoms. The second-order valence-corrected chi connectivity index (χ2v) is 6.24. The van der Waals surface area contributed by atoms with E-state index in [-0.39, 0.29) is 23.1 Å². The summed E-state index contributed by atoms with van der Waals surface area (Å²) >= 11 is 0. The summed E-state index contributed by atoms with van der Waals surface area (Å²) < 4.78 is 38.9. The standard InChI is InChI=1S/C18H22F2N2O6/c1-10(15(23)22-18(25)21-12-5-3-4-6-12)27-16(24)11-7-8-13(28-17(19)20)14(9-11)26-2/h7-10,12,17H,3-6H2,1-2H3,(H2,21,22,23,25)/t10-/m1/s1. The first-order chi connectivity index (χ1) is 13.3. The minimum Gasteiger partial charge on any atom is -0.493 e. The molecule has 1 aliphatic carbocycles. The van der Waals surface area contributed by atoms with Crippen molar-refractivity contribution in [2.45, 2.75) is 51.4 Å². The van der Waals surface area contributed by atoms with Gasteiger partial charge in [-0.3, -0.25) is 10.1 Å². The van der Waals surface area contributed by atoms with Crippen molar-refractivity contribution in [3.05, 3.63) is 23.8 Å². The Bertz CT molecular complexity index is 722. The summed E-state index contributed by atoms with van der Waals surface area (Å²) in [7, 11) is 1.22. The number of carbonyl (C=O) groups is 3. The molecule has 2 N–H and O–H groups in total. The highest BCUT2D eigenvalue weighted by molar-refractivity contribution is 5.98. The number of esters is 1. The Morgan fingerprint density at radius 1 is 1.14 bits per heavy atom. The summed E-state index contributed by atoms with van der Waals surface area (Å²) in [5.74, 6) is -2.01. The van der Waals surface area contributed by atoms with E-state index in [4.69, 9.17) is 9.47 Å². The molecule has 0 unspecified atom stereocenters. The zero-order chi connectivity index (χ0) is 20.7. The molecule has 0 radical (unpaired) electrons. The first-order valence-corrected chi connectivity index (χ1v) is 8.75. The Labute approximate surface area is 160 Å². The molecule has 3 amide bonds. The minimum absolute atomic E-state index is 0.0338. The maximum atomic E-state index is 12.3. The fourth-order valence-electron chi connectivity index (χ4n) is 2.78. The number of amides is 3. The van der Waals surface area contributed by atoms with E-state index < -0.39 is 30.6 Å². The van der Waals surface area contributed by atoms with E-state index in [1.807, 2.05) is 0 Å². The van der Waals surface area contributed by atoms with Crippen LogP contribution in [0.3, 0.4) is 0 Å². The van der Waals surface area contributed by atoms with Gasteiger partial charge in [0, 0.05) is 6.04 Å². The van der Waals surface area contributed by atoms with Gasteiger partial charge in [-0.25, -0.2) is 9.59 Å². The van der Waals surface area contributed by atoms with Crippen molar-refractivity contribution in [3.63, 3.8) is 0 Å². The number of hydrogen-bond acceptors (Lipinski definition) is 6. The second kappa shape index (κ2) is 9.86. The molecule has 2 rings (SSSR count). The summed E-state index contributed by atoms with van der Waals surface area (Å²) in [4.78, 5) is 36.0. The predicted octanol–water partition coefficient (Wildman–Crippen LogP) is 2.61. The fraction of sp³-hybridized carbons (Fsp3) is 0.500. The highest BCUT2D eigenvalue weighted by Crippen LogP contribution is 2.29. The van der Waals surface area contributed by atoms with Gasteiger partial charge in [0.05, 0.1) is 12.7 Å². The molecule has 1 saturated carbocycles. The van der Waals surface area contributed by atoms with E-state index in [0.29, 0.717) is 0 Å². The van der Waals surface area contributed by atoms with Crippen LogP contribution in [0.5, 0.6) is 11.5 Å². The van der Waals surface area contributed by atoms with Gasteiger partial charge < -0.3 is 19.5 Å². The van der Waals surface area contributed by atoms with Gasteiger partial charge in [-0.05, 0) is 38.0 Å². The maximum absolute atomic E-state index is 12.3. The number of nitrogens with one attached hydrogen (secondary N) is 2. The average molecular weight is 400 g/mol. The van der Waals surface area contributed by atoms with Crippen LogP contribution in [0.4, 0.5) is 13.6 Å². The number of imide groups is 1. The molecule has 0 saturated heterocycles. The number of benzene rings is 1. The maximum Gasteiger partial charge on any atom is 0.387 e. The van der Waals surface area contributed by atoms with Crippen molar-refractivity contribution in [1.29, 1.82) is 0 Å². The predicted molar refractivity (Wildman–Crippen MR) is 93.4 cm³/mol. The van der Waals surface area contributed by atoms with E-state index in [1.165, 1.54) is 20.1 Å². The third-order valence-electron chi connectivity index (χ3n) is 4.20. The third kappa shape index (κ3) is 6.07. The van der Waals surface area contributed by atoms with Crippen LogP contribution >= 0.6 is 0 Å². The Morgan fingerprint density at radius 3 is 2.43 bits per heavy atom. The summed E-state index contributed by atoms with van der Waals surface area (Å²) in [6, 6.07) is 2.86. The van der Waals surface area contributed by atoms with Gasteiger partial charge in [0.25, 0.3) is 5.91 Å². The largest absolute Gasteiger partial charge is 0.493 e. The van der Waals surface area contributed by atoms with Gasteiger partial charge in [0.2, 0.25) is 0 Å². The van der Waals surface area contributed by atoms with E-state index in [9.17, 15) is 23.2 Å². The third-order valence-corrected chi connectivity index (χ3v) is 4.20. The summed E-state index contributed by atoms with van der Waals surface area (Å²) in [5.41, 5.74) is -0.0338. The number of hydrogen-bond donors (Lipinski definition) is 2. The van der Waals surface area contributed by atoms with E-state index in [0.717, 1.165) is 37.8 Å². The minimum atomic E-state index is -3.05. The van der Waals surface area contributed by atoms with Crippen LogP contribution in [-0.4, -0.2) is 43.8 Å². The van der Waals surface area contributed by atoms with Crippen LogP contribution in [0.25, 0.3) is 0 Å². The molecule has 1 aromatic rings. The van der Waals surface area contributed by atoms with Gasteiger partial charge in [-0.1, -0.05) is 12.8 Å². The Kier molecular flexibility index (Phi) is 7.53. The van der Waals surface area contributed by atoms with Gasteiger partial charge >= 0.3 is 18.6 Å². The molecule has 1 atom stereocenters. The topological polar surface area (TPSA) is 103 Å². The Hall–Kier alpha value is -2.91. The monoisotopic (exact) mass is 400 g/mol. The second-order valence-electron chi connectivity index (χ2n) is 6.24. The molecule has 0 bridgehead atoms. The van der Waals surface area contributed by atoms with E-state index >= 15 is 0 Å². The van der Waals surface area contributed by atoms with Gasteiger partial charge in [0.15, 0.2) is 17.6 Å². The lowest BCUT2D eigenvalue weighted by molar-refractivity contribution is -0.127. The van der Waals surface area contributed by atoms with Gasteiger partial charge in [0.1, 0.15) is 0 Å². The van der Waals surface area contributed by atoms with Crippen molar-refractivity contribution in [3.8, 4) is 11.5 Å². The van der Waals surface area contributed by atoms with Crippen molar-refractivity contribution in [1.82, 2.24) is 10.6 Å². The van der Waals surface area contributed by atoms with Crippen molar-refractivity contribution in [2.75, 3.05) is 7.11 Å². The molecule has 1 aromatic carbocycles. The van der Waals surface area contributed by atoms with Crippen LogP contribution in [0, 0.1) is 0 Å². The lowest BCUT2D eigenvalue weighted by atomic mass is 10.2. The molecule has 1 aliphatic rings. The van der Waals surface area contributed by atoms with Crippen molar-refractivity contribution < 1.29 is 37.4 Å². The van der Waals surface area contributed by atoms with Crippen molar-refractivity contribution >= 4 is 17.9 Å². The Balaban J connectivity index is 1.91. The highest BCUT2D eigenvalue weighted by Gasteiger charge is 2.24. The lowest BCUT2D eigenvalue weighted by Crippen LogP contribution is -2.47. The molecule has 154 valence electrons. The highest BCUT2D eigenvalue weighted by atomic mass is 19.3. The number of methoxy groups -OCH3 is 1. The molecule has 0 aliphatic heterocycles. The van der Waals surface area contributed by atoms with E-state index in [1.54, 1.807) is 0 Å².